The minimum Gasteiger partial charge on any atom is -0.445 e. The maximum absolute atomic E-state index is 12.1. The molecule has 3 nitrogen and oxygen atoms in total. The van der Waals surface area contributed by atoms with Gasteiger partial charge >= 0.3 is 6.09 Å². The molecule has 21 heavy (non-hydrogen) atoms. The van der Waals surface area contributed by atoms with Gasteiger partial charge in [-0.1, -0.05) is 51.1 Å². The molecule has 0 atom stereocenters. The van der Waals surface area contributed by atoms with E-state index in [1.807, 2.05) is 42.1 Å². The Labute approximate surface area is 131 Å². The number of ether oxygens (including phenoxy) is 1. The van der Waals surface area contributed by atoms with Crippen LogP contribution in [0.4, 0.5) is 4.79 Å². The van der Waals surface area contributed by atoms with Crippen molar-refractivity contribution in [3.63, 3.8) is 0 Å². The Morgan fingerprint density at radius 2 is 1.81 bits per heavy atom. The summed E-state index contributed by atoms with van der Waals surface area (Å²) >= 11 is 1.91. The van der Waals surface area contributed by atoms with Crippen molar-refractivity contribution in [2.45, 2.75) is 39.7 Å². The molecule has 0 spiro atoms. The number of benzene rings is 1. The number of hydrogen-bond donors (Lipinski definition) is 0. The van der Waals surface area contributed by atoms with Crippen LogP contribution >= 0.6 is 11.8 Å². The molecule has 1 fully saturated rings. The monoisotopic (exact) mass is 305 g/mol. The number of amides is 1. The van der Waals surface area contributed by atoms with Crippen LogP contribution in [0.1, 0.15) is 39.2 Å². The zero-order valence-corrected chi connectivity index (χ0v) is 13.8. The van der Waals surface area contributed by atoms with Gasteiger partial charge in [-0.05, 0) is 29.9 Å². The lowest BCUT2D eigenvalue weighted by atomic mass is 9.85. The van der Waals surface area contributed by atoms with E-state index < -0.39 is 6.09 Å². The van der Waals surface area contributed by atoms with E-state index in [4.69, 9.17) is 4.74 Å². The highest BCUT2D eigenvalue weighted by Gasteiger charge is 2.24. The first-order chi connectivity index (χ1) is 9.97. The number of hydrogen-bond acceptors (Lipinski definition) is 3. The highest BCUT2D eigenvalue weighted by atomic mass is 32.2. The molecule has 4 heteroatoms. The van der Waals surface area contributed by atoms with Crippen LogP contribution in [0.2, 0.25) is 0 Å². The SMILES string of the molecule is CC(C)(C)C(=NC(=O)OC1CCSCC1)c1ccccc1. The van der Waals surface area contributed by atoms with Gasteiger partial charge in [0.1, 0.15) is 6.10 Å². The number of thioether (sulfide) groups is 1. The third-order valence-electron chi connectivity index (χ3n) is 3.40. The lowest BCUT2D eigenvalue weighted by molar-refractivity contribution is 0.102. The maximum atomic E-state index is 12.1. The molecule has 1 aliphatic heterocycles. The molecule has 0 unspecified atom stereocenters. The van der Waals surface area contributed by atoms with Crippen molar-refractivity contribution >= 4 is 23.6 Å². The van der Waals surface area contributed by atoms with Gasteiger partial charge in [-0.2, -0.15) is 16.8 Å². The fraction of sp³-hybridized carbons (Fsp3) is 0.529. The molecule has 0 aliphatic carbocycles. The zero-order valence-electron chi connectivity index (χ0n) is 13.0. The topological polar surface area (TPSA) is 38.7 Å². The van der Waals surface area contributed by atoms with Crippen molar-refractivity contribution in [1.82, 2.24) is 0 Å². The van der Waals surface area contributed by atoms with Gasteiger partial charge in [0.2, 0.25) is 0 Å². The first-order valence-corrected chi connectivity index (χ1v) is 8.55. The molecular formula is C17H23NO2S. The van der Waals surface area contributed by atoms with Crippen LogP contribution in [0.25, 0.3) is 0 Å². The first-order valence-electron chi connectivity index (χ1n) is 7.40. The molecule has 0 aromatic heterocycles. The quantitative estimate of drug-likeness (QED) is 0.752. The van der Waals surface area contributed by atoms with E-state index in [9.17, 15) is 4.79 Å². The van der Waals surface area contributed by atoms with Gasteiger partial charge in [0.15, 0.2) is 0 Å². The summed E-state index contributed by atoms with van der Waals surface area (Å²) in [5.74, 6) is 2.12. The van der Waals surface area contributed by atoms with Crippen LogP contribution in [-0.2, 0) is 4.74 Å². The van der Waals surface area contributed by atoms with Gasteiger partial charge < -0.3 is 4.74 Å². The summed E-state index contributed by atoms with van der Waals surface area (Å²) in [5.41, 5.74) is 1.54. The van der Waals surface area contributed by atoms with Crippen LogP contribution in [0.3, 0.4) is 0 Å². The Balaban J connectivity index is 2.14. The molecule has 0 radical (unpaired) electrons. The maximum Gasteiger partial charge on any atom is 0.434 e. The van der Waals surface area contributed by atoms with Crippen molar-refractivity contribution in [3.05, 3.63) is 35.9 Å². The van der Waals surface area contributed by atoms with Crippen LogP contribution in [0.5, 0.6) is 0 Å². The molecule has 114 valence electrons. The van der Waals surface area contributed by atoms with Crippen molar-refractivity contribution in [2.24, 2.45) is 10.4 Å². The number of nitrogens with zero attached hydrogens (tertiary/aromatic N) is 1. The summed E-state index contributed by atoms with van der Waals surface area (Å²) in [6.07, 6.45) is 1.43. The average Bonchev–Trinajstić information content (AvgIpc) is 2.45. The highest BCUT2D eigenvalue weighted by Crippen LogP contribution is 2.24. The molecule has 1 aromatic rings. The molecule has 0 bridgehead atoms. The van der Waals surface area contributed by atoms with Crippen LogP contribution < -0.4 is 0 Å². The summed E-state index contributed by atoms with van der Waals surface area (Å²) in [5, 5.41) is 0. The predicted octanol–water partition coefficient (Wildman–Crippen LogP) is 4.55. The van der Waals surface area contributed by atoms with E-state index in [-0.39, 0.29) is 11.5 Å². The lowest BCUT2D eigenvalue weighted by Crippen LogP contribution is -2.26. The Morgan fingerprint density at radius 1 is 1.19 bits per heavy atom. The predicted molar refractivity (Wildman–Crippen MR) is 89.3 cm³/mol. The van der Waals surface area contributed by atoms with Gasteiger partial charge in [-0.25, -0.2) is 4.79 Å². The van der Waals surface area contributed by atoms with Gasteiger partial charge in [-0.15, -0.1) is 0 Å². The summed E-state index contributed by atoms with van der Waals surface area (Å²) in [6, 6.07) is 9.84. The van der Waals surface area contributed by atoms with Crippen molar-refractivity contribution < 1.29 is 9.53 Å². The number of rotatable bonds is 2. The molecule has 0 saturated carbocycles. The van der Waals surface area contributed by atoms with E-state index in [0.717, 1.165) is 35.6 Å². The Morgan fingerprint density at radius 3 is 2.38 bits per heavy atom. The Bertz CT molecular complexity index is 499. The Hall–Kier alpha value is -1.29. The molecule has 1 saturated heterocycles. The summed E-state index contributed by atoms with van der Waals surface area (Å²) in [4.78, 5) is 16.4. The van der Waals surface area contributed by atoms with Crippen LogP contribution in [-0.4, -0.2) is 29.4 Å². The summed E-state index contributed by atoms with van der Waals surface area (Å²) < 4.78 is 5.50. The zero-order chi connectivity index (χ0) is 15.3. The second-order valence-electron chi connectivity index (χ2n) is 6.27. The second-order valence-corrected chi connectivity index (χ2v) is 7.50. The molecule has 0 N–H and O–H groups in total. The molecule has 1 amide bonds. The average molecular weight is 305 g/mol. The normalized spacial score (nSPS) is 17.6. The van der Waals surface area contributed by atoms with Crippen molar-refractivity contribution in [1.29, 1.82) is 0 Å². The van der Waals surface area contributed by atoms with E-state index in [1.165, 1.54) is 0 Å². The van der Waals surface area contributed by atoms with Gasteiger partial charge in [-0.3, -0.25) is 0 Å². The third-order valence-corrected chi connectivity index (χ3v) is 4.45. The fourth-order valence-corrected chi connectivity index (χ4v) is 3.38. The highest BCUT2D eigenvalue weighted by molar-refractivity contribution is 7.99. The molecule has 1 heterocycles. The van der Waals surface area contributed by atoms with E-state index in [2.05, 4.69) is 25.8 Å². The first kappa shape index (κ1) is 16.1. The smallest absolute Gasteiger partial charge is 0.434 e. The number of carbonyl (C=O) groups excluding carboxylic acids is 1. The molecule has 1 aliphatic rings. The van der Waals surface area contributed by atoms with E-state index in [0.29, 0.717) is 0 Å². The minimum atomic E-state index is -0.458. The third kappa shape index (κ3) is 4.88. The lowest BCUT2D eigenvalue weighted by Gasteiger charge is -2.23. The summed E-state index contributed by atoms with van der Waals surface area (Å²) in [7, 11) is 0. The fourth-order valence-electron chi connectivity index (χ4n) is 2.32. The number of carbonyl (C=O) groups is 1. The van der Waals surface area contributed by atoms with Gasteiger partial charge in [0.05, 0.1) is 5.71 Å². The van der Waals surface area contributed by atoms with E-state index >= 15 is 0 Å². The standard InChI is InChI=1S/C17H23NO2S/c1-17(2,3)15(13-7-5-4-6-8-13)18-16(19)20-14-9-11-21-12-10-14/h4-8,14H,9-12H2,1-3H3. The molecular weight excluding hydrogens is 282 g/mol. The van der Waals surface area contributed by atoms with Crippen molar-refractivity contribution in [2.75, 3.05) is 11.5 Å². The minimum absolute atomic E-state index is 0.0273. The van der Waals surface area contributed by atoms with Crippen LogP contribution in [0, 0.1) is 5.41 Å². The van der Waals surface area contributed by atoms with E-state index in [1.54, 1.807) is 0 Å². The molecule has 1 aromatic carbocycles. The molecule has 2 rings (SSSR count). The van der Waals surface area contributed by atoms with Crippen molar-refractivity contribution in [3.8, 4) is 0 Å². The Kier molecular flexibility index (Phi) is 5.45. The van der Waals surface area contributed by atoms with Crippen LogP contribution in [0.15, 0.2) is 35.3 Å². The van der Waals surface area contributed by atoms with Gasteiger partial charge in [0.25, 0.3) is 0 Å². The second kappa shape index (κ2) is 7.12. The number of aliphatic imine (C=N–C) groups is 1. The largest absolute Gasteiger partial charge is 0.445 e. The summed E-state index contributed by atoms with van der Waals surface area (Å²) in [6.45, 7) is 6.18. The van der Waals surface area contributed by atoms with Gasteiger partial charge in [0, 0.05) is 5.41 Å².